The van der Waals surface area contributed by atoms with Gasteiger partial charge in [-0.2, -0.15) is 10.4 Å². The smallest absolute Gasteiger partial charge is 0.287 e. The normalized spacial score (nSPS) is 19.6. The first-order valence-electron chi connectivity index (χ1n) is 6.88. The first kappa shape index (κ1) is 14.2. The standard InChI is InChI=1S/C15H14N4O3/c16-6-11-13(7-17-18-15(11)21)19-8-10-2-1-3-14(12(10)9-19)22-5-4-20/h1-3,7,11,20H,4-5,8-9H2. The number of hydrogen-bond acceptors (Lipinski definition) is 6. The lowest BCUT2D eigenvalue weighted by Crippen LogP contribution is -2.27. The van der Waals surface area contributed by atoms with E-state index in [0.29, 0.717) is 24.5 Å². The van der Waals surface area contributed by atoms with Crippen molar-refractivity contribution in [1.82, 2.24) is 4.90 Å². The van der Waals surface area contributed by atoms with E-state index in [1.165, 1.54) is 6.20 Å². The molecule has 1 atom stereocenters. The van der Waals surface area contributed by atoms with E-state index < -0.39 is 11.8 Å². The van der Waals surface area contributed by atoms with Gasteiger partial charge in [-0.3, -0.25) is 4.79 Å². The van der Waals surface area contributed by atoms with Crippen molar-refractivity contribution in [3.8, 4) is 11.8 Å². The Morgan fingerprint density at radius 2 is 2.32 bits per heavy atom. The molecule has 1 unspecified atom stereocenters. The van der Waals surface area contributed by atoms with Crippen LogP contribution in [0.15, 0.2) is 40.3 Å². The zero-order valence-electron chi connectivity index (χ0n) is 11.8. The fourth-order valence-electron chi connectivity index (χ4n) is 2.65. The van der Waals surface area contributed by atoms with Crippen molar-refractivity contribution in [2.24, 2.45) is 16.1 Å². The Bertz CT molecular complexity index is 705. The van der Waals surface area contributed by atoms with Crippen LogP contribution in [-0.2, 0) is 17.9 Å². The number of rotatable bonds is 4. The minimum Gasteiger partial charge on any atom is -0.491 e. The van der Waals surface area contributed by atoms with E-state index in [9.17, 15) is 10.1 Å². The van der Waals surface area contributed by atoms with E-state index in [1.54, 1.807) is 0 Å². The number of nitriles is 1. The Morgan fingerprint density at radius 3 is 3.09 bits per heavy atom. The molecule has 2 heterocycles. The van der Waals surface area contributed by atoms with Gasteiger partial charge in [0.1, 0.15) is 12.4 Å². The molecule has 1 N–H and O–H groups in total. The number of aliphatic hydroxyl groups excluding tert-OH is 1. The number of carbonyl (C=O) groups is 1. The van der Waals surface area contributed by atoms with E-state index >= 15 is 0 Å². The Morgan fingerprint density at radius 1 is 1.45 bits per heavy atom. The molecule has 0 aliphatic carbocycles. The predicted molar refractivity (Wildman–Crippen MR) is 75.3 cm³/mol. The third-order valence-electron chi connectivity index (χ3n) is 3.67. The molecule has 0 spiro atoms. The predicted octanol–water partition coefficient (Wildman–Crippen LogP) is 1.35. The first-order chi connectivity index (χ1) is 10.7. The number of carbonyl (C=O) groups excluding carboxylic acids is 1. The zero-order chi connectivity index (χ0) is 15.5. The van der Waals surface area contributed by atoms with Gasteiger partial charge < -0.3 is 14.7 Å². The molecule has 1 amide bonds. The third-order valence-corrected chi connectivity index (χ3v) is 3.67. The number of nitrogens with zero attached hydrogens (tertiary/aromatic N) is 4. The number of benzene rings is 1. The number of fused-ring (bicyclic) bond motifs is 1. The zero-order valence-corrected chi connectivity index (χ0v) is 11.8. The molecule has 1 aromatic rings. The summed E-state index contributed by atoms with van der Waals surface area (Å²) in [5.74, 6) is -0.728. The monoisotopic (exact) mass is 298 g/mol. The molecule has 0 radical (unpaired) electrons. The van der Waals surface area contributed by atoms with Crippen LogP contribution in [0.1, 0.15) is 11.1 Å². The lowest BCUT2D eigenvalue weighted by Gasteiger charge is -2.24. The van der Waals surface area contributed by atoms with Crippen molar-refractivity contribution in [3.05, 3.63) is 41.2 Å². The highest BCUT2D eigenvalue weighted by Gasteiger charge is 2.33. The third kappa shape index (κ3) is 2.44. The average Bonchev–Trinajstić information content (AvgIpc) is 2.97. The Labute approximate surface area is 127 Å². The molecule has 1 aromatic carbocycles. The van der Waals surface area contributed by atoms with E-state index in [4.69, 9.17) is 9.84 Å². The van der Waals surface area contributed by atoms with Crippen molar-refractivity contribution < 1.29 is 14.6 Å². The minimum atomic E-state index is -0.909. The van der Waals surface area contributed by atoms with Gasteiger partial charge in [0.2, 0.25) is 0 Å². The average molecular weight is 298 g/mol. The van der Waals surface area contributed by atoms with Gasteiger partial charge in [-0.15, -0.1) is 5.11 Å². The second-order valence-electron chi connectivity index (χ2n) is 4.99. The maximum atomic E-state index is 11.7. The van der Waals surface area contributed by atoms with Crippen molar-refractivity contribution in [1.29, 1.82) is 5.26 Å². The summed E-state index contributed by atoms with van der Waals surface area (Å²) in [6.45, 7) is 1.29. The van der Waals surface area contributed by atoms with Crippen LogP contribution < -0.4 is 4.74 Å². The van der Waals surface area contributed by atoms with E-state index in [0.717, 1.165) is 11.1 Å². The van der Waals surface area contributed by atoms with Crippen LogP contribution >= 0.6 is 0 Å². The van der Waals surface area contributed by atoms with E-state index in [2.05, 4.69) is 10.2 Å². The van der Waals surface area contributed by atoms with Gasteiger partial charge in [-0.1, -0.05) is 12.1 Å². The molecule has 0 aromatic heterocycles. The Balaban J connectivity index is 1.86. The molecule has 2 aliphatic rings. The first-order valence-corrected chi connectivity index (χ1v) is 6.88. The molecule has 3 rings (SSSR count). The summed E-state index contributed by atoms with van der Waals surface area (Å²) in [6.07, 6.45) is 1.47. The molecule has 22 heavy (non-hydrogen) atoms. The van der Waals surface area contributed by atoms with Gasteiger partial charge in [0.25, 0.3) is 5.91 Å². The van der Waals surface area contributed by atoms with Crippen LogP contribution in [0.5, 0.6) is 5.75 Å². The van der Waals surface area contributed by atoms with Gasteiger partial charge in [0, 0.05) is 18.7 Å². The van der Waals surface area contributed by atoms with Gasteiger partial charge in [0.15, 0.2) is 5.92 Å². The topological polar surface area (TPSA) is 98.3 Å². The van der Waals surface area contributed by atoms with Gasteiger partial charge in [-0.25, -0.2) is 0 Å². The number of amides is 1. The van der Waals surface area contributed by atoms with Gasteiger partial charge in [-0.05, 0) is 11.6 Å². The van der Waals surface area contributed by atoms with Crippen LogP contribution in [-0.4, -0.2) is 29.1 Å². The highest BCUT2D eigenvalue weighted by Crippen LogP contribution is 2.35. The maximum Gasteiger partial charge on any atom is 0.287 e. The van der Waals surface area contributed by atoms with Crippen LogP contribution in [0, 0.1) is 17.2 Å². The lowest BCUT2D eigenvalue weighted by molar-refractivity contribution is -0.120. The number of ether oxygens (including phenoxy) is 1. The molecule has 2 aliphatic heterocycles. The molecule has 0 saturated carbocycles. The molecular formula is C15H14N4O3. The molecule has 7 nitrogen and oxygen atoms in total. The molecule has 112 valence electrons. The molecule has 0 saturated heterocycles. The van der Waals surface area contributed by atoms with Crippen LogP contribution in [0.25, 0.3) is 0 Å². The summed E-state index contributed by atoms with van der Waals surface area (Å²) in [5.41, 5.74) is 2.64. The van der Waals surface area contributed by atoms with Crippen LogP contribution in [0.2, 0.25) is 0 Å². The Hall–Kier alpha value is -2.72. The molecule has 0 fully saturated rings. The molecule has 7 heteroatoms. The van der Waals surface area contributed by atoms with Crippen molar-refractivity contribution in [2.45, 2.75) is 13.1 Å². The van der Waals surface area contributed by atoms with Crippen LogP contribution in [0.4, 0.5) is 0 Å². The number of azo groups is 1. The molecular weight excluding hydrogens is 284 g/mol. The van der Waals surface area contributed by atoms with Crippen molar-refractivity contribution >= 4 is 5.91 Å². The van der Waals surface area contributed by atoms with E-state index in [-0.39, 0.29) is 13.2 Å². The highest BCUT2D eigenvalue weighted by atomic mass is 16.5. The minimum absolute atomic E-state index is 0.0517. The number of aliphatic hydroxyl groups is 1. The second-order valence-corrected chi connectivity index (χ2v) is 4.99. The second kappa shape index (κ2) is 5.95. The fourth-order valence-corrected chi connectivity index (χ4v) is 2.65. The summed E-state index contributed by atoms with van der Waals surface area (Å²) in [5, 5.41) is 25.2. The fraction of sp³-hybridized carbons (Fsp3) is 0.333. The van der Waals surface area contributed by atoms with Crippen molar-refractivity contribution in [2.75, 3.05) is 13.2 Å². The largest absolute Gasteiger partial charge is 0.491 e. The quantitative estimate of drug-likeness (QED) is 0.904. The lowest BCUT2D eigenvalue weighted by atomic mass is 10.1. The molecule has 0 bridgehead atoms. The summed E-state index contributed by atoms with van der Waals surface area (Å²) < 4.78 is 5.54. The van der Waals surface area contributed by atoms with Crippen LogP contribution in [0.3, 0.4) is 0 Å². The maximum absolute atomic E-state index is 11.7. The summed E-state index contributed by atoms with van der Waals surface area (Å²) in [6, 6.07) is 7.69. The number of hydrogen-bond donors (Lipinski definition) is 1. The van der Waals surface area contributed by atoms with Crippen molar-refractivity contribution in [3.63, 3.8) is 0 Å². The summed E-state index contributed by atoms with van der Waals surface area (Å²) in [7, 11) is 0. The SMILES string of the molecule is N#CC1C(=O)N=NC=C1N1Cc2cccc(OCCO)c2C1. The van der Waals surface area contributed by atoms with E-state index in [1.807, 2.05) is 29.2 Å². The van der Waals surface area contributed by atoms with Gasteiger partial charge >= 0.3 is 0 Å². The highest BCUT2D eigenvalue weighted by molar-refractivity contribution is 5.85. The summed E-state index contributed by atoms with van der Waals surface area (Å²) in [4.78, 5) is 13.6. The summed E-state index contributed by atoms with van der Waals surface area (Å²) >= 11 is 0. The Kier molecular flexibility index (Phi) is 3.85. The van der Waals surface area contributed by atoms with Gasteiger partial charge in [0.05, 0.1) is 24.6 Å².